The van der Waals surface area contributed by atoms with Gasteiger partial charge in [0.25, 0.3) is 0 Å². The molecule has 0 saturated heterocycles. The van der Waals surface area contributed by atoms with Gasteiger partial charge in [-0.05, 0) is 12.5 Å². The summed E-state index contributed by atoms with van der Waals surface area (Å²) in [5.74, 6) is 0.701. The fraction of sp³-hybridized carbons (Fsp3) is 0.455. The number of benzene rings is 1. The molecule has 0 aliphatic carbocycles. The Labute approximate surface area is 122 Å². The molecule has 4 heteroatoms. The molecule has 1 rings (SSSR count). The Bertz CT molecular complexity index is 261. The van der Waals surface area contributed by atoms with Crippen LogP contribution in [-0.2, 0) is 31.7 Å². The van der Waals surface area contributed by atoms with Gasteiger partial charge in [-0.25, -0.2) is 0 Å². The number of ether oxygens (including phenoxy) is 1. The summed E-state index contributed by atoms with van der Waals surface area (Å²) in [6.07, 6.45) is 0.923. The first-order valence-electron chi connectivity index (χ1n) is 3.74. The Morgan fingerprint density at radius 1 is 1.13 bits per heavy atom. The second kappa shape index (κ2) is 9.48. The zero-order chi connectivity index (χ0) is 9.14. The van der Waals surface area contributed by atoms with Gasteiger partial charge in [0, 0.05) is 0 Å². The van der Waals surface area contributed by atoms with Crippen LogP contribution in [0.3, 0.4) is 0 Å². The first-order chi connectivity index (χ1) is 5.70. The number of hydrogen-bond donors (Lipinski definition) is 0. The summed E-state index contributed by atoms with van der Waals surface area (Å²) in [4.78, 5) is 1.42. The Balaban J connectivity index is -0.000000480. The molecule has 0 heterocycles. The molecule has 0 saturated carbocycles. The molecule has 0 N–H and O–H groups in total. The number of rotatable bonds is 2. The molecule has 84 valence electrons. The van der Waals surface area contributed by atoms with E-state index < -0.39 is 0 Å². The topological polar surface area (TPSA) is 9.23 Å². The normalized spacial score (nSPS) is 7.87. The number of hydrogen-bond acceptors (Lipinski definition) is 3. The van der Waals surface area contributed by atoms with E-state index in [-0.39, 0.29) is 38.8 Å². The van der Waals surface area contributed by atoms with Crippen LogP contribution >= 0.6 is 0 Å². The van der Waals surface area contributed by atoms with E-state index in [2.05, 4.69) is 6.92 Å². The second-order valence-corrected chi connectivity index (χ2v) is 3.26. The van der Waals surface area contributed by atoms with Gasteiger partial charge in [-0.15, -0.1) is 0 Å². The van der Waals surface area contributed by atoms with Gasteiger partial charge in [0.15, 0.2) is 0 Å². The van der Waals surface area contributed by atoms with E-state index in [1.807, 2.05) is 12.1 Å². The van der Waals surface area contributed by atoms with Gasteiger partial charge in [0.2, 0.25) is 0 Å². The molecule has 15 heavy (non-hydrogen) atoms. The van der Waals surface area contributed by atoms with E-state index >= 15 is 0 Å². The van der Waals surface area contributed by atoms with Gasteiger partial charge in [-0.1, -0.05) is 33.4 Å². The first kappa shape index (κ1) is 20.6. The van der Waals surface area contributed by atoms with Crippen LogP contribution in [-0.4, -0.2) is 31.0 Å². The maximum Gasteiger partial charge on any atom is 2.00 e. The van der Waals surface area contributed by atoms with Crippen molar-refractivity contribution in [1.82, 2.24) is 0 Å². The van der Waals surface area contributed by atoms with Crippen LogP contribution in [0.2, 0.25) is 0 Å². The molecule has 1 aromatic carbocycles. The Morgan fingerprint density at radius 2 is 1.67 bits per heavy atom. The van der Waals surface area contributed by atoms with Gasteiger partial charge < -0.3 is 30.0 Å². The summed E-state index contributed by atoms with van der Waals surface area (Å²) in [5, 5.41) is 0. The molecule has 1 aromatic rings. The average Bonchev–Trinajstić information content (AvgIpc) is 2.10. The molecular formula is C11H18OS2Sn. The van der Waals surface area contributed by atoms with Crippen LogP contribution in [0.4, 0.5) is 0 Å². The van der Waals surface area contributed by atoms with E-state index in [9.17, 15) is 0 Å². The summed E-state index contributed by atoms with van der Waals surface area (Å²) >= 11 is 10.3. The minimum Gasteiger partial charge on any atom is -0.781 e. The summed E-state index contributed by atoms with van der Waals surface area (Å²) in [5.41, 5.74) is 1.12. The van der Waals surface area contributed by atoms with Crippen molar-refractivity contribution in [3.05, 3.63) is 17.7 Å². The summed E-state index contributed by atoms with van der Waals surface area (Å²) in [7, 11) is 1.60. The monoisotopic (exact) mass is 350 g/mol. The van der Waals surface area contributed by atoms with E-state index in [0.717, 1.165) is 16.9 Å². The molecule has 2 radical (unpaired) electrons. The fourth-order valence-electron chi connectivity index (χ4n) is 1.02. The maximum absolute atomic E-state index is 5.16. The molecule has 1 nitrogen and oxygen atoms in total. The van der Waals surface area contributed by atoms with E-state index in [1.54, 1.807) is 7.11 Å². The van der Waals surface area contributed by atoms with Gasteiger partial charge in [0.1, 0.15) is 0 Å². The van der Waals surface area contributed by atoms with Gasteiger partial charge in [0.05, 0.1) is 12.9 Å². The SMILES string of the molecule is C.C.CCc1ccc(OC)c([S-])c1[S-].[Sn+2]. The van der Waals surface area contributed by atoms with Crippen LogP contribution in [0, 0.1) is 0 Å². The molecule has 0 atom stereocenters. The minimum absolute atomic E-state index is 0. The standard InChI is InChI=1S/C9H12OS2.2CH4.Sn/c1-3-6-4-5-7(10-2)9(12)8(6)11;;;/h4-5,11-12H,3H2,1-2H3;2*1H4;/q;;;+2/p-2. The third kappa shape index (κ3) is 4.74. The first-order valence-corrected chi connectivity index (χ1v) is 4.56. The zero-order valence-corrected chi connectivity index (χ0v) is 12.1. The zero-order valence-electron chi connectivity index (χ0n) is 7.59. The molecule has 0 aromatic heterocycles. The quantitative estimate of drug-likeness (QED) is 0.600. The molecule has 0 spiro atoms. The average molecular weight is 349 g/mol. The van der Waals surface area contributed by atoms with Crippen molar-refractivity contribution < 1.29 is 4.74 Å². The Hall–Kier alpha value is 0.259. The van der Waals surface area contributed by atoms with Crippen LogP contribution < -0.4 is 4.74 Å². The van der Waals surface area contributed by atoms with Crippen molar-refractivity contribution in [1.29, 1.82) is 0 Å². The van der Waals surface area contributed by atoms with Crippen LogP contribution in [0.25, 0.3) is 0 Å². The number of aryl methyl sites for hydroxylation is 1. The molecule has 0 fully saturated rings. The minimum atomic E-state index is 0. The second-order valence-electron chi connectivity index (χ2n) is 2.44. The summed E-state index contributed by atoms with van der Waals surface area (Å²) < 4.78 is 5.05. The third-order valence-electron chi connectivity index (χ3n) is 1.76. The van der Waals surface area contributed by atoms with E-state index in [0.29, 0.717) is 10.6 Å². The predicted octanol–water partition coefficient (Wildman–Crippen LogP) is 2.96. The molecule has 0 aliphatic heterocycles. The molecule has 0 amide bonds. The number of methoxy groups -OCH3 is 1. The Kier molecular flexibility index (Phi) is 13.0. The largest absolute Gasteiger partial charge is 2.00 e. The van der Waals surface area contributed by atoms with E-state index in [1.165, 1.54) is 0 Å². The van der Waals surface area contributed by atoms with Crippen LogP contribution in [0.1, 0.15) is 27.3 Å². The summed E-state index contributed by atoms with van der Waals surface area (Å²) in [6.45, 7) is 2.06. The van der Waals surface area contributed by atoms with E-state index in [4.69, 9.17) is 30.0 Å². The Morgan fingerprint density at radius 3 is 2.07 bits per heavy atom. The fourth-order valence-corrected chi connectivity index (χ4v) is 1.62. The third-order valence-corrected chi connectivity index (χ3v) is 2.76. The molecular weight excluding hydrogens is 331 g/mol. The van der Waals surface area contributed by atoms with Crippen molar-refractivity contribution in [3.8, 4) is 5.75 Å². The van der Waals surface area contributed by atoms with Crippen molar-refractivity contribution >= 4 is 49.2 Å². The predicted molar refractivity (Wildman–Crippen MR) is 72.9 cm³/mol. The molecule has 0 bridgehead atoms. The van der Waals surface area contributed by atoms with Crippen molar-refractivity contribution in [2.75, 3.05) is 7.11 Å². The van der Waals surface area contributed by atoms with Crippen LogP contribution in [0.5, 0.6) is 5.75 Å². The molecule has 0 aliphatic rings. The van der Waals surface area contributed by atoms with Crippen molar-refractivity contribution in [3.63, 3.8) is 0 Å². The maximum atomic E-state index is 5.16. The molecule has 0 unspecified atom stereocenters. The van der Waals surface area contributed by atoms with Gasteiger partial charge >= 0.3 is 23.9 Å². The van der Waals surface area contributed by atoms with Crippen molar-refractivity contribution in [2.45, 2.75) is 38.0 Å². The van der Waals surface area contributed by atoms with Crippen molar-refractivity contribution in [2.24, 2.45) is 0 Å². The van der Waals surface area contributed by atoms with Gasteiger partial charge in [-0.2, -0.15) is 9.79 Å². The summed E-state index contributed by atoms with van der Waals surface area (Å²) in [6, 6.07) is 3.84. The smallest absolute Gasteiger partial charge is 0.781 e. The van der Waals surface area contributed by atoms with Gasteiger partial charge in [-0.3, -0.25) is 0 Å². The van der Waals surface area contributed by atoms with Crippen LogP contribution in [0.15, 0.2) is 21.9 Å².